The molecule has 0 amide bonds. The van der Waals surface area contributed by atoms with Gasteiger partial charge < -0.3 is 5.32 Å². The topological polar surface area (TPSA) is 12.0 Å². The van der Waals surface area contributed by atoms with Crippen molar-refractivity contribution < 1.29 is 0 Å². The van der Waals surface area contributed by atoms with E-state index in [0.717, 1.165) is 17.4 Å². The average Bonchev–Trinajstić information content (AvgIpc) is 3.04. The number of hydrogen-bond donors (Lipinski definition) is 1. The van der Waals surface area contributed by atoms with Gasteiger partial charge in [0.15, 0.2) is 0 Å². The number of halogens is 2. The van der Waals surface area contributed by atoms with Crippen LogP contribution in [0.25, 0.3) is 0 Å². The van der Waals surface area contributed by atoms with Crippen molar-refractivity contribution in [3.05, 3.63) is 33.8 Å². The maximum atomic E-state index is 6.17. The summed E-state index contributed by atoms with van der Waals surface area (Å²) in [6.07, 6.45) is 5.04. The molecular formula is C13H17Cl2N. The fourth-order valence-electron chi connectivity index (χ4n) is 2.01. The summed E-state index contributed by atoms with van der Waals surface area (Å²) in [5, 5.41) is 4.86. The van der Waals surface area contributed by atoms with E-state index < -0.39 is 0 Å². The molecule has 1 aliphatic carbocycles. The quantitative estimate of drug-likeness (QED) is 0.843. The Morgan fingerprint density at radius 2 is 2.12 bits per heavy atom. The van der Waals surface area contributed by atoms with Crippen LogP contribution in [-0.4, -0.2) is 13.1 Å². The molecule has 0 aliphatic heterocycles. The summed E-state index contributed by atoms with van der Waals surface area (Å²) in [5.41, 5.74) is 1.19. The molecule has 1 nitrogen and oxygen atoms in total. The molecule has 1 saturated carbocycles. The molecule has 1 aromatic carbocycles. The normalized spacial score (nSPS) is 17.4. The zero-order valence-electron chi connectivity index (χ0n) is 9.47. The van der Waals surface area contributed by atoms with Crippen molar-refractivity contribution in [2.24, 2.45) is 5.92 Å². The molecule has 0 spiro atoms. The van der Waals surface area contributed by atoms with E-state index in [-0.39, 0.29) is 0 Å². The van der Waals surface area contributed by atoms with E-state index in [0.29, 0.717) is 11.1 Å². The summed E-state index contributed by atoms with van der Waals surface area (Å²) >= 11 is 12.1. The Bertz CT molecular complexity index is 361. The summed E-state index contributed by atoms with van der Waals surface area (Å²) in [4.78, 5) is 0. The number of hydrogen-bond acceptors (Lipinski definition) is 1. The monoisotopic (exact) mass is 257 g/mol. The zero-order chi connectivity index (χ0) is 11.5. The second-order valence-electron chi connectivity index (χ2n) is 4.60. The van der Waals surface area contributed by atoms with Crippen LogP contribution in [0.3, 0.4) is 0 Å². The Hall–Kier alpha value is -0.240. The predicted octanol–water partition coefficient (Wildman–Crippen LogP) is 3.92. The van der Waals surface area contributed by atoms with Crippen molar-refractivity contribution in [2.75, 3.05) is 7.05 Å². The highest BCUT2D eigenvalue weighted by Crippen LogP contribution is 2.34. The van der Waals surface area contributed by atoms with E-state index in [1.807, 2.05) is 25.2 Å². The molecule has 1 N–H and O–H groups in total. The molecule has 0 heterocycles. The molecule has 0 aromatic heterocycles. The van der Waals surface area contributed by atoms with E-state index >= 15 is 0 Å². The number of rotatable bonds is 5. The lowest BCUT2D eigenvalue weighted by Crippen LogP contribution is -2.28. The first-order chi connectivity index (χ1) is 7.69. The molecule has 0 bridgehead atoms. The van der Waals surface area contributed by atoms with Crippen LogP contribution >= 0.6 is 23.2 Å². The lowest BCUT2D eigenvalue weighted by Gasteiger charge is -2.16. The highest BCUT2D eigenvalue weighted by Gasteiger charge is 2.25. The molecule has 1 fully saturated rings. The van der Waals surface area contributed by atoms with Crippen molar-refractivity contribution in [2.45, 2.75) is 31.7 Å². The molecule has 1 atom stereocenters. The van der Waals surface area contributed by atoms with Crippen LogP contribution in [-0.2, 0) is 6.42 Å². The molecular weight excluding hydrogens is 241 g/mol. The van der Waals surface area contributed by atoms with Crippen LogP contribution in [0.5, 0.6) is 0 Å². The molecule has 1 aromatic rings. The Labute approximate surface area is 107 Å². The fourth-order valence-corrected chi connectivity index (χ4v) is 2.50. The van der Waals surface area contributed by atoms with Crippen LogP contribution in [0, 0.1) is 5.92 Å². The fraction of sp³-hybridized carbons (Fsp3) is 0.538. The Balaban J connectivity index is 1.99. The van der Waals surface area contributed by atoms with Gasteiger partial charge in [-0.25, -0.2) is 0 Å². The van der Waals surface area contributed by atoms with Gasteiger partial charge in [-0.15, -0.1) is 0 Å². The van der Waals surface area contributed by atoms with Crippen molar-refractivity contribution in [1.82, 2.24) is 5.32 Å². The van der Waals surface area contributed by atoms with E-state index in [4.69, 9.17) is 23.2 Å². The van der Waals surface area contributed by atoms with Gasteiger partial charge in [-0.3, -0.25) is 0 Å². The van der Waals surface area contributed by atoms with E-state index in [9.17, 15) is 0 Å². The SMILES string of the molecule is CNC(Cc1ccc(Cl)cc1Cl)CC1CC1. The summed E-state index contributed by atoms with van der Waals surface area (Å²) in [7, 11) is 2.02. The third-order valence-corrected chi connectivity index (χ3v) is 3.79. The average molecular weight is 258 g/mol. The van der Waals surface area contributed by atoms with Crippen LogP contribution in [0.2, 0.25) is 10.0 Å². The minimum Gasteiger partial charge on any atom is -0.317 e. The lowest BCUT2D eigenvalue weighted by atomic mass is 10.0. The van der Waals surface area contributed by atoms with Gasteiger partial charge in [0.1, 0.15) is 0 Å². The zero-order valence-corrected chi connectivity index (χ0v) is 11.0. The standard InChI is InChI=1S/C13H17Cl2N/c1-16-12(6-9-2-3-9)7-10-4-5-11(14)8-13(10)15/h4-5,8-9,12,16H,2-3,6-7H2,1H3. The maximum absolute atomic E-state index is 6.17. The number of likely N-dealkylation sites (N-methyl/N-ethyl adjacent to an activating group) is 1. The van der Waals surface area contributed by atoms with Gasteiger partial charge in [0, 0.05) is 16.1 Å². The first-order valence-corrected chi connectivity index (χ1v) is 6.56. The van der Waals surface area contributed by atoms with E-state index in [1.54, 1.807) is 0 Å². The van der Waals surface area contributed by atoms with Gasteiger partial charge in [0.25, 0.3) is 0 Å². The smallest absolute Gasteiger partial charge is 0.0453 e. The molecule has 1 unspecified atom stereocenters. The van der Waals surface area contributed by atoms with Gasteiger partial charge >= 0.3 is 0 Å². The number of nitrogens with one attached hydrogen (secondary N) is 1. The van der Waals surface area contributed by atoms with Crippen molar-refractivity contribution in [3.8, 4) is 0 Å². The third-order valence-electron chi connectivity index (χ3n) is 3.20. The summed E-state index contributed by atoms with van der Waals surface area (Å²) in [6, 6.07) is 6.29. The molecule has 1 aliphatic rings. The lowest BCUT2D eigenvalue weighted by molar-refractivity contribution is 0.490. The van der Waals surface area contributed by atoms with Crippen LogP contribution in [0.4, 0.5) is 0 Å². The predicted molar refractivity (Wildman–Crippen MR) is 70.4 cm³/mol. The van der Waals surface area contributed by atoms with Crippen molar-refractivity contribution in [1.29, 1.82) is 0 Å². The first kappa shape index (κ1) is 12.2. The second-order valence-corrected chi connectivity index (χ2v) is 5.45. The Kier molecular flexibility index (Phi) is 4.12. The molecule has 3 heteroatoms. The highest BCUT2D eigenvalue weighted by molar-refractivity contribution is 6.35. The minimum atomic E-state index is 0.533. The maximum Gasteiger partial charge on any atom is 0.0453 e. The van der Waals surface area contributed by atoms with Crippen molar-refractivity contribution in [3.63, 3.8) is 0 Å². The number of benzene rings is 1. The highest BCUT2D eigenvalue weighted by atomic mass is 35.5. The van der Waals surface area contributed by atoms with E-state index in [1.165, 1.54) is 24.8 Å². The summed E-state index contributed by atoms with van der Waals surface area (Å²) in [5.74, 6) is 0.934. The molecule has 0 saturated heterocycles. The van der Waals surface area contributed by atoms with Crippen LogP contribution in [0.15, 0.2) is 18.2 Å². The minimum absolute atomic E-state index is 0.533. The Morgan fingerprint density at radius 1 is 1.38 bits per heavy atom. The third kappa shape index (κ3) is 3.38. The van der Waals surface area contributed by atoms with Crippen LogP contribution < -0.4 is 5.32 Å². The molecule has 2 rings (SSSR count). The summed E-state index contributed by atoms with van der Waals surface area (Å²) < 4.78 is 0. The van der Waals surface area contributed by atoms with Gasteiger partial charge in [0.2, 0.25) is 0 Å². The van der Waals surface area contributed by atoms with Gasteiger partial charge in [0.05, 0.1) is 0 Å². The van der Waals surface area contributed by atoms with E-state index in [2.05, 4.69) is 5.32 Å². The molecule has 88 valence electrons. The Morgan fingerprint density at radius 3 is 2.69 bits per heavy atom. The molecule has 0 radical (unpaired) electrons. The largest absolute Gasteiger partial charge is 0.317 e. The van der Waals surface area contributed by atoms with Gasteiger partial charge in [-0.1, -0.05) is 42.1 Å². The first-order valence-electron chi connectivity index (χ1n) is 5.80. The van der Waals surface area contributed by atoms with Gasteiger partial charge in [-0.05, 0) is 43.5 Å². The summed E-state index contributed by atoms with van der Waals surface area (Å²) in [6.45, 7) is 0. The van der Waals surface area contributed by atoms with Crippen molar-refractivity contribution >= 4 is 23.2 Å². The molecule has 16 heavy (non-hydrogen) atoms. The second kappa shape index (κ2) is 5.39. The van der Waals surface area contributed by atoms with Gasteiger partial charge in [-0.2, -0.15) is 0 Å². The van der Waals surface area contributed by atoms with Crippen LogP contribution in [0.1, 0.15) is 24.8 Å².